The Morgan fingerprint density at radius 1 is 1.41 bits per heavy atom. The van der Waals surface area contributed by atoms with Crippen molar-refractivity contribution < 1.29 is 9.13 Å². The largest absolute Gasteiger partial charge is 0.368 e. The van der Waals surface area contributed by atoms with Crippen molar-refractivity contribution in [2.45, 2.75) is 33.0 Å². The summed E-state index contributed by atoms with van der Waals surface area (Å²) in [6, 6.07) is 3.08. The average Bonchev–Trinajstić information content (AvgIpc) is 2.57. The minimum atomic E-state index is -0.301. The fourth-order valence-electron chi connectivity index (χ4n) is 1.41. The third-order valence-corrected chi connectivity index (χ3v) is 2.82. The van der Waals surface area contributed by atoms with Crippen LogP contribution in [-0.4, -0.2) is 15.6 Å². The summed E-state index contributed by atoms with van der Waals surface area (Å²) in [5.41, 5.74) is 1.19. The van der Waals surface area contributed by atoms with E-state index >= 15 is 0 Å². The van der Waals surface area contributed by atoms with E-state index in [1.54, 1.807) is 6.07 Å². The lowest BCUT2D eigenvalue weighted by atomic mass is 10.2. The van der Waals surface area contributed by atoms with Crippen LogP contribution in [0.1, 0.15) is 26.6 Å². The number of nitrogens with zero attached hydrogens (tertiary/aromatic N) is 1. The van der Waals surface area contributed by atoms with Crippen molar-refractivity contribution in [2.75, 3.05) is 0 Å². The van der Waals surface area contributed by atoms with Gasteiger partial charge in [-0.05, 0) is 42.8 Å². The van der Waals surface area contributed by atoms with Crippen LogP contribution in [0.25, 0.3) is 11.0 Å². The monoisotopic (exact) mass is 300 g/mol. The summed E-state index contributed by atoms with van der Waals surface area (Å²) >= 11 is 3.14. The molecule has 0 aliphatic rings. The molecule has 1 aromatic carbocycles. The second-order valence-electron chi connectivity index (χ2n) is 4.87. The van der Waals surface area contributed by atoms with Crippen LogP contribution in [0.15, 0.2) is 16.6 Å². The van der Waals surface area contributed by atoms with Crippen molar-refractivity contribution in [1.82, 2.24) is 9.97 Å². The van der Waals surface area contributed by atoms with Gasteiger partial charge in [-0.25, -0.2) is 9.37 Å². The first-order chi connectivity index (χ1) is 7.85. The third kappa shape index (κ3) is 3.04. The predicted molar refractivity (Wildman–Crippen MR) is 68.3 cm³/mol. The molecule has 92 valence electrons. The molecule has 1 N–H and O–H groups in total. The molecule has 0 saturated heterocycles. The van der Waals surface area contributed by atoms with E-state index in [1.807, 2.05) is 20.8 Å². The maximum Gasteiger partial charge on any atom is 0.139 e. The van der Waals surface area contributed by atoms with Gasteiger partial charge in [0.2, 0.25) is 0 Å². The average molecular weight is 301 g/mol. The Kier molecular flexibility index (Phi) is 3.23. The number of rotatable bonds is 2. The van der Waals surface area contributed by atoms with Crippen molar-refractivity contribution in [3.8, 4) is 0 Å². The number of benzene rings is 1. The zero-order valence-corrected chi connectivity index (χ0v) is 11.6. The van der Waals surface area contributed by atoms with E-state index in [2.05, 4.69) is 25.9 Å². The van der Waals surface area contributed by atoms with Gasteiger partial charge in [0, 0.05) is 6.07 Å². The molecule has 0 saturated carbocycles. The second kappa shape index (κ2) is 4.38. The normalized spacial score (nSPS) is 12.3. The van der Waals surface area contributed by atoms with Gasteiger partial charge in [0.15, 0.2) is 0 Å². The number of H-pyrrole nitrogens is 1. The van der Waals surface area contributed by atoms with Gasteiger partial charge in [0.1, 0.15) is 18.2 Å². The fourth-order valence-corrected chi connectivity index (χ4v) is 1.74. The Labute approximate surface area is 108 Å². The van der Waals surface area contributed by atoms with Gasteiger partial charge in [-0.2, -0.15) is 0 Å². The quantitative estimate of drug-likeness (QED) is 0.916. The molecule has 0 spiro atoms. The topological polar surface area (TPSA) is 37.9 Å². The fraction of sp³-hybridized carbons (Fsp3) is 0.417. The highest BCUT2D eigenvalue weighted by Gasteiger charge is 2.12. The van der Waals surface area contributed by atoms with E-state index < -0.39 is 0 Å². The first-order valence-electron chi connectivity index (χ1n) is 5.33. The van der Waals surface area contributed by atoms with E-state index in [-0.39, 0.29) is 11.4 Å². The molecular weight excluding hydrogens is 287 g/mol. The highest BCUT2D eigenvalue weighted by Crippen LogP contribution is 2.22. The highest BCUT2D eigenvalue weighted by molar-refractivity contribution is 9.10. The maximum absolute atomic E-state index is 13.3. The van der Waals surface area contributed by atoms with Crippen LogP contribution >= 0.6 is 15.9 Å². The van der Waals surface area contributed by atoms with Gasteiger partial charge < -0.3 is 9.72 Å². The Morgan fingerprint density at radius 2 is 2.12 bits per heavy atom. The number of imidazole rings is 1. The number of fused-ring (bicyclic) bond motifs is 1. The Bertz CT molecular complexity index is 506. The lowest BCUT2D eigenvalue weighted by Crippen LogP contribution is -2.19. The molecular formula is C12H14BrFN2O. The molecule has 2 rings (SSSR count). The summed E-state index contributed by atoms with van der Waals surface area (Å²) in [6.07, 6.45) is 0. The number of hydrogen-bond donors (Lipinski definition) is 1. The van der Waals surface area contributed by atoms with Crippen molar-refractivity contribution in [3.05, 3.63) is 28.2 Å². The summed E-state index contributed by atoms with van der Waals surface area (Å²) in [7, 11) is 0. The molecule has 2 aromatic rings. The predicted octanol–water partition coefficient (Wildman–Crippen LogP) is 3.78. The number of halogens is 2. The van der Waals surface area contributed by atoms with Gasteiger partial charge in [0.25, 0.3) is 0 Å². The molecule has 1 aromatic heterocycles. The molecule has 5 heteroatoms. The number of nitrogens with one attached hydrogen (secondary N) is 1. The molecule has 0 amide bonds. The molecule has 0 aliphatic heterocycles. The molecule has 0 atom stereocenters. The SMILES string of the molecule is CC(C)(C)OCc1nc2cc(Br)c(F)cc2[nH]1. The van der Waals surface area contributed by atoms with Gasteiger partial charge in [0.05, 0.1) is 21.1 Å². The molecule has 0 radical (unpaired) electrons. The van der Waals surface area contributed by atoms with Crippen molar-refractivity contribution >= 4 is 27.0 Å². The van der Waals surface area contributed by atoms with Crippen molar-refractivity contribution in [2.24, 2.45) is 0 Å². The number of aromatic amines is 1. The first-order valence-corrected chi connectivity index (χ1v) is 6.12. The van der Waals surface area contributed by atoms with Crippen LogP contribution in [0.5, 0.6) is 0 Å². The zero-order chi connectivity index (χ0) is 12.6. The second-order valence-corrected chi connectivity index (χ2v) is 5.72. The molecule has 0 unspecified atom stereocenters. The summed E-state index contributed by atoms with van der Waals surface area (Å²) in [5.74, 6) is 0.400. The Balaban J connectivity index is 2.26. The van der Waals surface area contributed by atoms with E-state index in [1.165, 1.54) is 6.07 Å². The lowest BCUT2D eigenvalue weighted by molar-refractivity contribution is -0.0177. The smallest absolute Gasteiger partial charge is 0.139 e. The molecule has 1 heterocycles. The molecule has 17 heavy (non-hydrogen) atoms. The van der Waals surface area contributed by atoms with E-state index in [4.69, 9.17) is 4.74 Å². The van der Waals surface area contributed by atoms with Gasteiger partial charge >= 0.3 is 0 Å². The zero-order valence-electron chi connectivity index (χ0n) is 9.97. The van der Waals surface area contributed by atoms with Crippen LogP contribution in [0.4, 0.5) is 4.39 Å². The molecule has 0 fully saturated rings. The maximum atomic E-state index is 13.3. The Hall–Kier alpha value is -0.940. The molecule has 0 bridgehead atoms. The minimum absolute atomic E-state index is 0.217. The highest BCUT2D eigenvalue weighted by atomic mass is 79.9. The standard InChI is InChI=1S/C12H14BrFN2O/c1-12(2,3)17-6-11-15-9-4-7(13)8(14)5-10(9)16-11/h4-5H,6H2,1-3H3,(H,15,16). The lowest BCUT2D eigenvalue weighted by Gasteiger charge is -2.18. The van der Waals surface area contributed by atoms with Crippen LogP contribution < -0.4 is 0 Å². The number of aromatic nitrogens is 2. The summed E-state index contributed by atoms with van der Waals surface area (Å²) in [5, 5.41) is 0. The summed E-state index contributed by atoms with van der Waals surface area (Å²) < 4.78 is 19.3. The molecule has 3 nitrogen and oxygen atoms in total. The Morgan fingerprint density at radius 3 is 2.76 bits per heavy atom. The third-order valence-electron chi connectivity index (χ3n) is 2.21. The van der Waals surface area contributed by atoms with Crippen molar-refractivity contribution in [1.29, 1.82) is 0 Å². The van der Waals surface area contributed by atoms with E-state index in [0.717, 1.165) is 5.52 Å². The molecule has 0 aliphatic carbocycles. The van der Waals surface area contributed by atoms with Crippen molar-refractivity contribution in [3.63, 3.8) is 0 Å². The van der Waals surface area contributed by atoms with Crippen LogP contribution in [0, 0.1) is 5.82 Å². The van der Waals surface area contributed by atoms with Crippen LogP contribution in [0.3, 0.4) is 0 Å². The van der Waals surface area contributed by atoms with Crippen LogP contribution in [0.2, 0.25) is 0 Å². The first kappa shape index (κ1) is 12.5. The minimum Gasteiger partial charge on any atom is -0.368 e. The van der Waals surface area contributed by atoms with Gasteiger partial charge in [-0.15, -0.1) is 0 Å². The van der Waals surface area contributed by atoms with E-state index in [0.29, 0.717) is 22.4 Å². The van der Waals surface area contributed by atoms with Crippen LogP contribution in [-0.2, 0) is 11.3 Å². The van der Waals surface area contributed by atoms with E-state index in [9.17, 15) is 4.39 Å². The van der Waals surface area contributed by atoms with Gasteiger partial charge in [-0.3, -0.25) is 0 Å². The number of hydrogen-bond acceptors (Lipinski definition) is 2. The number of ether oxygens (including phenoxy) is 1. The summed E-state index contributed by atoms with van der Waals surface area (Å²) in [4.78, 5) is 7.38. The summed E-state index contributed by atoms with van der Waals surface area (Å²) in [6.45, 7) is 6.32. The van der Waals surface area contributed by atoms with Gasteiger partial charge in [-0.1, -0.05) is 0 Å².